The van der Waals surface area contributed by atoms with Gasteiger partial charge in [-0.3, -0.25) is 4.57 Å². The van der Waals surface area contributed by atoms with Crippen LogP contribution in [0.2, 0.25) is 0 Å². The molecule has 0 aliphatic carbocycles. The molecule has 1 N–H and O–H groups in total. The fourth-order valence-corrected chi connectivity index (χ4v) is 3.41. The zero-order chi connectivity index (χ0) is 15.1. The fourth-order valence-electron chi connectivity index (χ4n) is 2.25. The van der Waals surface area contributed by atoms with E-state index in [2.05, 4.69) is 13.8 Å². The van der Waals surface area contributed by atoms with Crippen molar-refractivity contribution in [3.63, 3.8) is 0 Å². The third-order valence-corrected chi connectivity index (χ3v) is 5.05. The summed E-state index contributed by atoms with van der Waals surface area (Å²) >= 11 is 0. The van der Waals surface area contributed by atoms with E-state index in [0.29, 0.717) is 12.8 Å². The van der Waals surface area contributed by atoms with Crippen LogP contribution in [0, 0.1) is 0 Å². The van der Waals surface area contributed by atoms with Crippen LogP contribution in [-0.2, 0) is 26.2 Å². The Morgan fingerprint density at radius 2 is 1.19 bits per heavy atom. The number of rotatable bonds is 15. The SMILES string of the molecule is CCCCCCCCOP(=O)(O)CCCCCCCC.[Fe]. The summed E-state index contributed by atoms with van der Waals surface area (Å²) in [6.07, 6.45) is 14.1. The van der Waals surface area contributed by atoms with Crippen LogP contribution in [0.1, 0.15) is 90.9 Å². The van der Waals surface area contributed by atoms with Crippen molar-refractivity contribution in [3.8, 4) is 0 Å². The summed E-state index contributed by atoms with van der Waals surface area (Å²) in [5, 5.41) is 0. The molecule has 0 aromatic rings. The molecule has 1 unspecified atom stereocenters. The van der Waals surface area contributed by atoms with Crippen LogP contribution in [0.4, 0.5) is 0 Å². The van der Waals surface area contributed by atoms with Gasteiger partial charge >= 0.3 is 7.60 Å². The molecule has 5 heteroatoms. The van der Waals surface area contributed by atoms with Gasteiger partial charge in [-0.15, -0.1) is 0 Å². The van der Waals surface area contributed by atoms with E-state index in [1.807, 2.05) is 0 Å². The molecule has 0 aromatic carbocycles. The first kappa shape index (κ1) is 23.9. The van der Waals surface area contributed by atoms with Gasteiger partial charge in [-0.1, -0.05) is 78.1 Å². The Bertz CT molecular complexity index is 250. The third-order valence-electron chi connectivity index (χ3n) is 3.59. The van der Waals surface area contributed by atoms with E-state index in [9.17, 15) is 9.46 Å². The minimum absolute atomic E-state index is 0. The summed E-state index contributed by atoms with van der Waals surface area (Å²) in [7, 11) is -3.31. The molecule has 0 rings (SSSR count). The largest absolute Gasteiger partial charge is 0.328 e. The number of unbranched alkanes of at least 4 members (excludes halogenated alkanes) is 10. The van der Waals surface area contributed by atoms with Gasteiger partial charge in [0, 0.05) is 23.2 Å². The second-order valence-corrected chi connectivity index (χ2v) is 7.71. The van der Waals surface area contributed by atoms with E-state index >= 15 is 0 Å². The van der Waals surface area contributed by atoms with Gasteiger partial charge in [0.2, 0.25) is 0 Å². The van der Waals surface area contributed by atoms with Gasteiger partial charge in [0.05, 0.1) is 6.61 Å². The maximum Gasteiger partial charge on any atom is 0.328 e. The Morgan fingerprint density at radius 3 is 1.71 bits per heavy atom. The van der Waals surface area contributed by atoms with Crippen LogP contribution in [0.3, 0.4) is 0 Å². The van der Waals surface area contributed by atoms with Crippen molar-refractivity contribution in [2.45, 2.75) is 90.9 Å². The van der Waals surface area contributed by atoms with Crippen molar-refractivity contribution in [1.29, 1.82) is 0 Å². The molecule has 0 heterocycles. The molecule has 0 spiro atoms. The summed E-state index contributed by atoms with van der Waals surface area (Å²) in [4.78, 5) is 9.69. The maximum atomic E-state index is 11.8. The van der Waals surface area contributed by atoms with Crippen molar-refractivity contribution in [2.75, 3.05) is 12.8 Å². The first-order valence-electron chi connectivity index (χ1n) is 8.58. The van der Waals surface area contributed by atoms with Gasteiger partial charge in [0.15, 0.2) is 0 Å². The Hall–Kier alpha value is 0.669. The fraction of sp³-hybridized carbons (Fsp3) is 1.00. The monoisotopic (exact) mass is 362 g/mol. The number of hydrogen-bond acceptors (Lipinski definition) is 2. The molecule has 0 fully saturated rings. The predicted octanol–water partition coefficient (Wildman–Crippen LogP) is 5.91. The zero-order valence-corrected chi connectivity index (χ0v) is 16.0. The molecule has 0 radical (unpaired) electrons. The Morgan fingerprint density at radius 1 is 0.762 bits per heavy atom. The van der Waals surface area contributed by atoms with E-state index in [-0.39, 0.29) is 17.1 Å². The molecule has 0 aliphatic heterocycles. The molecular formula is C16H35FeO3P. The van der Waals surface area contributed by atoms with Gasteiger partial charge in [-0.05, 0) is 12.8 Å². The zero-order valence-electron chi connectivity index (χ0n) is 14.0. The molecule has 0 aromatic heterocycles. The molecule has 0 amide bonds. The van der Waals surface area contributed by atoms with Crippen molar-refractivity contribution in [2.24, 2.45) is 0 Å². The summed E-state index contributed by atoms with van der Waals surface area (Å²) in [5.74, 6) is 0. The molecule has 21 heavy (non-hydrogen) atoms. The topological polar surface area (TPSA) is 46.5 Å². The van der Waals surface area contributed by atoms with Crippen LogP contribution in [0.25, 0.3) is 0 Å². The standard InChI is InChI=1S/C16H35O3P.Fe/c1-3-5-7-9-11-13-15-19-20(17,18)16-14-12-10-8-6-4-2;/h3-16H2,1-2H3,(H,17,18);. The normalized spacial score (nSPS) is 13.7. The summed E-state index contributed by atoms with van der Waals surface area (Å²) < 4.78 is 16.9. The van der Waals surface area contributed by atoms with E-state index in [1.165, 1.54) is 51.4 Å². The average Bonchev–Trinajstić information content (AvgIpc) is 2.41. The summed E-state index contributed by atoms with van der Waals surface area (Å²) in [5.41, 5.74) is 0. The van der Waals surface area contributed by atoms with Crippen LogP contribution in [0.5, 0.6) is 0 Å². The van der Waals surface area contributed by atoms with Crippen LogP contribution < -0.4 is 0 Å². The number of hydrogen-bond donors (Lipinski definition) is 1. The second kappa shape index (κ2) is 17.0. The van der Waals surface area contributed by atoms with Gasteiger partial charge < -0.3 is 9.42 Å². The van der Waals surface area contributed by atoms with E-state index in [1.54, 1.807) is 0 Å². The molecular weight excluding hydrogens is 327 g/mol. The van der Waals surface area contributed by atoms with E-state index < -0.39 is 7.60 Å². The Balaban J connectivity index is 0. The van der Waals surface area contributed by atoms with Gasteiger partial charge in [0.1, 0.15) is 0 Å². The van der Waals surface area contributed by atoms with Crippen LogP contribution in [0.15, 0.2) is 0 Å². The van der Waals surface area contributed by atoms with Crippen molar-refractivity contribution < 1.29 is 31.1 Å². The first-order chi connectivity index (χ1) is 9.62. The molecule has 3 nitrogen and oxygen atoms in total. The molecule has 0 saturated heterocycles. The van der Waals surface area contributed by atoms with Crippen LogP contribution >= 0.6 is 7.60 Å². The van der Waals surface area contributed by atoms with E-state index in [0.717, 1.165) is 25.7 Å². The van der Waals surface area contributed by atoms with Gasteiger partial charge in [-0.25, -0.2) is 0 Å². The van der Waals surface area contributed by atoms with Gasteiger partial charge in [0.25, 0.3) is 0 Å². The average molecular weight is 362 g/mol. The maximum absolute atomic E-state index is 11.8. The molecule has 1 atom stereocenters. The van der Waals surface area contributed by atoms with E-state index in [4.69, 9.17) is 4.52 Å². The third kappa shape index (κ3) is 18.6. The molecule has 0 bridgehead atoms. The predicted molar refractivity (Wildman–Crippen MR) is 87.4 cm³/mol. The Labute approximate surface area is 142 Å². The van der Waals surface area contributed by atoms with Crippen molar-refractivity contribution >= 4 is 7.60 Å². The Kier molecular flexibility index (Phi) is 19.4. The van der Waals surface area contributed by atoms with Crippen molar-refractivity contribution in [1.82, 2.24) is 0 Å². The van der Waals surface area contributed by atoms with Gasteiger partial charge in [-0.2, -0.15) is 0 Å². The van der Waals surface area contributed by atoms with Crippen molar-refractivity contribution in [3.05, 3.63) is 0 Å². The summed E-state index contributed by atoms with van der Waals surface area (Å²) in [6.45, 7) is 4.83. The first-order valence-corrected chi connectivity index (χ1v) is 10.3. The second-order valence-electron chi connectivity index (χ2n) is 5.73. The summed E-state index contributed by atoms with van der Waals surface area (Å²) in [6, 6.07) is 0. The molecule has 130 valence electrons. The quantitative estimate of drug-likeness (QED) is 0.224. The minimum atomic E-state index is -3.31. The molecule has 0 aliphatic rings. The smallest absolute Gasteiger partial charge is 0.324 e. The minimum Gasteiger partial charge on any atom is -0.324 e. The van der Waals surface area contributed by atoms with Crippen LogP contribution in [-0.4, -0.2) is 17.7 Å². The molecule has 0 saturated carbocycles.